The Kier molecular flexibility index (Phi) is 4.82. The number of hydrogen-bond acceptors (Lipinski definition) is 5. The SMILES string of the molecule is CCC(c1nnc(C(=O)[O-])o1)n1ccc2ccccc21.[Na+]. The van der Waals surface area contributed by atoms with Crippen LogP contribution in [0.25, 0.3) is 10.9 Å². The van der Waals surface area contributed by atoms with Gasteiger partial charge in [-0.1, -0.05) is 25.1 Å². The molecule has 0 saturated carbocycles. The van der Waals surface area contributed by atoms with Crippen molar-refractivity contribution in [3.8, 4) is 0 Å². The van der Waals surface area contributed by atoms with Gasteiger partial charge < -0.3 is 18.9 Å². The van der Waals surface area contributed by atoms with E-state index in [0.717, 1.165) is 10.9 Å². The average Bonchev–Trinajstić information content (AvgIpc) is 3.08. The molecule has 0 spiro atoms. The number of carbonyl (C=O) groups excluding carboxylic acids is 1. The number of carboxylic acid groups (broad SMARTS) is 1. The van der Waals surface area contributed by atoms with E-state index in [1.165, 1.54) is 0 Å². The number of nitrogens with zero attached hydrogens (tertiary/aromatic N) is 3. The Labute approximate surface area is 143 Å². The minimum Gasteiger partial charge on any atom is -0.540 e. The van der Waals surface area contributed by atoms with E-state index in [1.54, 1.807) is 0 Å². The van der Waals surface area contributed by atoms with Crippen LogP contribution in [0.4, 0.5) is 0 Å². The molecule has 0 aliphatic rings. The molecular formula is C14H12N3NaO3. The first-order chi connectivity index (χ1) is 9.70. The maximum Gasteiger partial charge on any atom is 1.00 e. The summed E-state index contributed by atoms with van der Waals surface area (Å²) < 4.78 is 7.17. The zero-order valence-corrected chi connectivity index (χ0v) is 13.8. The normalized spacial score (nSPS) is 12.0. The summed E-state index contributed by atoms with van der Waals surface area (Å²) in [5.41, 5.74) is 1.03. The Morgan fingerprint density at radius 1 is 1.33 bits per heavy atom. The summed E-state index contributed by atoms with van der Waals surface area (Å²) in [6, 6.07) is 9.72. The summed E-state index contributed by atoms with van der Waals surface area (Å²) >= 11 is 0. The summed E-state index contributed by atoms with van der Waals surface area (Å²) in [7, 11) is 0. The molecule has 0 aliphatic carbocycles. The van der Waals surface area contributed by atoms with Crippen molar-refractivity contribution in [3.05, 3.63) is 48.3 Å². The van der Waals surface area contributed by atoms with E-state index in [4.69, 9.17) is 4.42 Å². The van der Waals surface area contributed by atoms with Crippen LogP contribution in [0.3, 0.4) is 0 Å². The van der Waals surface area contributed by atoms with E-state index < -0.39 is 11.9 Å². The molecule has 0 bridgehead atoms. The van der Waals surface area contributed by atoms with Crippen molar-refractivity contribution in [3.63, 3.8) is 0 Å². The van der Waals surface area contributed by atoms with E-state index in [-0.39, 0.29) is 41.5 Å². The molecule has 1 aromatic carbocycles. The third-order valence-corrected chi connectivity index (χ3v) is 3.25. The Balaban J connectivity index is 0.00000161. The summed E-state index contributed by atoms with van der Waals surface area (Å²) in [6.07, 6.45) is 2.63. The quantitative estimate of drug-likeness (QED) is 0.540. The summed E-state index contributed by atoms with van der Waals surface area (Å²) in [5.74, 6) is -1.68. The largest absolute Gasteiger partial charge is 1.00 e. The van der Waals surface area contributed by atoms with Crippen LogP contribution in [0.2, 0.25) is 0 Å². The van der Waals surface area contributed by atoms with E-state index in [2.05, 4.69) is 10.2 Å². The molecule has 2 heterocycles. The van der Waals surface area contributed by atoms with Gasteiger partial charge in [0.15, 0.2) is 0 Å². The van der Waals surface area contributed by atoms with Crippen molar-refractivity contribution in [2.75, 3.05) is 0 Å². The van der Waals surface area contributed by atoms with Crippen LogP contribution in [0, 0.1) is 0 Å². The fraction of sp³-hybridized carbons (Fsp3) is 0.214. The molecule has 0 fully saturated rings. The third kappa shape index (κ3) is 2.88. The second-order valence-corrected chi connectivity index (χ2v) is 4.44. The fourth-order valence-electron chi connectivity index (χ4n) is 2.32. The van der Waals surface area contributed by atoms with Crippen LogP contribution in [-0.2, 0) is 0 Å². The smallest absolute Gasteiger partial charge is 0.540 e. The average molecular weight is 293 g/mol. The zero-order chi connectivity index (χ0) is 14.1. The molecular weight excluding hydrogens is 281 g/mol. The molecule has 3 aromatic rings. The van der Waals surface area contributed by atoms with Gasteiger partial charge in [-0.2, -0.15) is 0 Å². The molecule has 0 aliphatic heterocycles. The van der Waals surface area contributed by atoms with Crippen molar-refractivity contribution < 1.29 is 43.9 Å². The monoisotopic (exact) mass is 293 g/mol. The number of carbonyl (C=O) groups is 1. The van der Waals surface area contributed by atoms with Crippen LogP contribution in [0.1, 0.15) is 36.0 Å². The second-order valence-electron chi connectivity index (χ2n) is 4.44. The van der Waals surface area contributed by atoms with Crippen LogP contribution in [-0.4, -0.2) is 20.7 Å². The molecule has 0 radical (unpaired) electrons. The summed E-state index contributed by atoms with van der Waals surface area (Å²) in [6.45, 7) is 1.97. The maximum atomic E-state index is 10.7. The van der Waals surface area contributed by atoms with Crippen LogP contribution in [0.5, 0.6) is 0 Å². The van der Waals surface area contributed by atoms with Crippen molar-refractivity contribution in [2.24, 2.45) is 0 Å². The Hall–Kier alpha value is -1.63. The Morgan fingerprint density at radius 3 is 2.76 bits per heavy atom. The van der Waals surface area contributed by atoms with Crippen LogP contribution < -0.4 is 34.7 Å². The molecule has 1 atom stereocenters. The minimum absolute atomic E-state index is 0. The van der Waals surface area contributed by atoms with E-state index in [1.807, 2.05) is 48.0 Å². The van der Waals surface area contributed by atoms with Gasteiger partial charge in [0, 0.05) is 11.7 Å². The van der Waals surface area contributed by atoms with Crippen molar-refractivity contribution in [1.82, 2.24) is 14.8 Å². The van der Waals surface area contributed by atoms with Gasteiger partial charge in [-0.25, -0.2) is 0 Å². The molecule has 0 saturated heterocycles. The van der Waals surface area contributed by atoms with Gasteiger partial charge in [0.25, 0.3) is 5.89 Å². The number of aromatic nitrogens is 3. The third-order valence-electron chi connectivity index (χ3n) is 3.25. The van der Waals surface area contributed by atoms with E-state index >= 15 is 0 Å². The van der Waals surface area contributed by atoms with Gasteiger partial charge in [-0.3, -0.25) is 0 Å². The molecule has 21 heavy (non-hydrogen) atoms. The topological polar surface area (TPSA) is 84.0 Å². The van der Waals surface area contributed by atoms with E-state index in [9.17, 15) is 9.90 Å². The summed E-state index contributed by atoms with van der Waals surface area (Å²) in [4.78, 5) is 10.7. The molecule has 0 amide bonds. The fourth-order valence-corrected chi connectivity index (χ4v) is 2.32. The molecule has 0 N–H and O–H groups in total. The number of rotatable bonds is 4. The number of para-hydroxylation sites is 1. The van der Waals surface area contributed by atoms with Gasteiger partial charge in [-0.15, -0.1) is 10.2 Å². The Morgan fingerprint density at radius 2 is 2.10 bits per heavy atom. The zero-order valence-electron chi connectivity index (χ0n) is 11.8. The van der Waals surface area contributed by atoms with Gasteiger partial charge in [0.1, 0.15) is 12.0 Å². The van der Waals surface area contributed by atoms with Crippen molar-refractivity contribution in [1.29, 1.82) is 0 Å². The van der Waals surface area contributed by atoms with Crippen LogP contribution >= 0.6 is 0 Å². The second kappa shape index (κ2) is 6.43. The van der Waals surface area contributed by atoms with Gasteiger partial charge in [-0.05, 0) is 23.9 Å². The van der Waals surface area contributed by atoms with Gasteiger partial charge >= 0.3 is 29.6 Å². The first kappa shape index (κ1) is 15.8. The maximum absolute atomic E-state index is 10.7. The minimum atomic E-state index is -1.46. The number of aromatic carboxylic acids is 1. The van der Waals surface area contributed by atoms with Crippen molar-refractivity contribution >= 4 is 16.9 Å². The van der Waals surface area contributed by atoms with E-state index in [0.29, 0.717) is 6.42 Å². The predicted molar refractivity (Wildman–Crippen MR) is 69.0 cm³/mol. The summed E-state index contributed by atoms with van der Waals surface area (Å²) in [5, 5.41) is 19.1. The van der Waals surface area contributed by atoms with Gasteiger partial charge in [0.2, 0.25) is 5.89 Å². The molecule has 7 heteroatoms. The Bertz CT molecular complexity index is 766. The standard InChI is InChI=1S/C14H13N3O3.Na/c1-2-10(12-15-16-13(20-12)14(18)19)17-8-7-9-5-3-4-6-11(9)17;/h3-8,10H,2H2,1H3,(H,18,19);/q;+1/p-1. The van der Waals surface area contributed by atoms with Crippen molar-refractivity contribution in [2.45, 2.75) is 19.4 Å². The first-order valence-electron chi connectivity index (χ1n) is 6.31. The van der Waals surface area contributed by atoms with Crippen LogP contribution in [0.15, 0.2) is 40.9 Å². The number of benzene rings is 1. The number of hydrogen-bond donors (Lipinski definition) is 0. The molecule has 1 unspecified atom stereocenters. The van der Waals surface area contributed by atoms with Gasteiger partial charge in [0.05, 0.1) is 0 Å². The first-order valence-corrected chi connectivity index (χ1v) is 6.31. The number of carboxylic acids is 1. The predicted octanol–water partition coefficient (Wildman–Crippen LogP) is -1.61. The number of fused-ring (bicyclic) bond motifs is 1. The molecule has 102 valence electrons. The molecule has 6 nitrogen and oxygen atoms in total. The molecule has 3 rings (SSSR count). The molecule has 2 aromatic heterocycles.